The maximum atomic E-state index is 5.61. The van der Waals surface area contributed by atoms with Crippen molar-refractivity contribution >= 4 is 0 Å². The smallest absolute Gasteiger partial charge is 0.120 e. The van der Waals surface area contributed by atoms with Crippen LogP contribution in [-0.2, 0) is 4.74 Å². The normalized spacial score (nSPS) is 25.4. The highest BCUT2D eigenvalue weighted by molar-refractivity contribution is 5.06. The second kappa shape index (κ2) is 6.95. The number of furan rings is 1. The minimum Gasteiger partial charge on any atom is -0.468 e. The van der Waals surface area contributed by atoms with Crippen molar-refractivity contribution in [2.75, 3.05) is 26.8 Å². The molecule has 0 spiro atoms. The number of likely N-dealkylation sites (tertiary alicyclic amines) is 1. The van der Waals surface area contributed by atoms with Gasteiger partial charge in [0.1, 0.15) is 5.76 Å². The fraction of sp³-hybridized carbons (Fsp3) is 0.733. The predicted molar refractivity (Wildman–Crippen MR) is 72.5 cm³/mol. The summed E-state index contributed by atoms with van der Waals surface area (Å²) in [5.74, 6) is 1.93. The first-order valence-corrected chi connectivity index (χ1v) is 7.07. The van der Waals surface area contributed by atoms with Crippen molar-refractivity contribution in [1.29, 1.82) is 0 Å². The molecule has 0 N–H and O–H groups in total. The summed E-state index contributed by atoms with van der Waals surface area (Å²) >= 11 is 0. The summed E-state index contributed by atoms with van der Waals surface area (Å²) in [5, 5.41) is 0. The molecule has 1 aromatic rings. The number of hydrogen-bond donors (Lipinski definition) is 0. The second-order valence-electron chi connectivity index (χ2n) is 5.40. The number of rotatable bonds is 6. The van der Waals surface area contributed by atoms with Crippen LogP contribution in [0, 0.1) is 5.92 Å². The molecule has 3 nitrogen and oxygen atoms in total. The molecule has 1 saturated heterocycles. The first kappa shape index (κ1) is 13.6. The Hall–Kier alpha value is -0.800. The Morgan fingerprint density at radius 1 is 1.44 bits per heavy atom. The van der Waals surface area contributed by atoms with E-state index in [-0.39, 0.29) is 0 Å². The van der Waals surface area contributed by atoms with Crippen molar-refractivity contribution < 1.29 is 9.15 Å². The minimum atomic E-state index is 0.478. The maximum Gasteiger partial charge on any atom is 0.120 e. The topological polar surface area (TPSA) is 25.6 Å². The highest BCUT2D eigenvalue weighted by Crippen LogP contribution is 2.34. The molecule has 0 radical (unpaired) electrons. The van der Waals surface area contributed by atoms with E-state index in [1.165, 1.54) is 25.8 Å². The van der Waals surface area contributed by atoms with Gasteiger partial charge in [0.05, 0.1) is 12.3 Å². The van der Waals surface area contributed by atoms with Gasteiger partial charge in [0, 0.05) is 13.7 Å². The monoisotopic (exact) mass is 251 g/mol. The molecule has 0 aromatic carbocycles. The largest absolute Gasteiger partial charge is 0.468 e. The average molecular weight is 251 g/mol. The van der Waals surface area contributed by atoms with Gasteiger partial charge in [-0.3, -0.25) is 4.90 Å². The lowest BCUT2D eigenvalue weighted by atomic mass is 9.91. The molecule has 0 saturated carbocycles. The van der Waals surface area contributed by atoms with E-state index >= 15 is 0 Å². The molecule has 1 fully saturated rings. The van der Waals surface area contributed by atoms with Gasteiger partial charge in [-0.25, -0.2) is 0 Å². The fourth-order valence-corrected chi connectivity index (χ4v) is 2.80. The van der Waals surface area contributed by atoms with E-state index in [2.05, 4.69) is 17.9 Å². The van der Waals surface area contributed by atoms with Crippen LogP contribution in [0.4, 0.5) is 0 Å². The molecule has 2 heterocycles. The second-order valence-corrected chi connectivity index (χ2v) is 5.40. The van der Waals surface area contributed by atoms with E-state index in [0.29, 0.717) is 6.04 Å². The predicted octanol–water partition coefficient (Wildman–Crippen LogP) is 3.48. The summed E-state index contributed by atoms with van der Waals surface area (Å²) in [4.78, 5) is 2.58. The molecule has 0 bridgehead atoms. The molecule has 1 aliphatic heterocycles. The molecule has 0 aliphatic carbocycles. The van der Waals surface area contributed by atoms with Gasteiger partial charge >= 0.3 is 0 Å². The molecule has 18 heavy (non-hydrogen) atoms. The van der Waals surface area contributed by atoms with Crippen molar-refractivity contribution in [1.82, 2.24) is 4.90 Å². The summed E-state index contributed by atoms with van der Waals surface area (Å²) in [5.41, 5.74) is 0. The van der Waals surface area contributed by atoms with Crippen LogP contribution in [0.15, 0.2) is 22.8 Å². The van der Waals surface area contributed by atoms with Crippen LogP contribution in [0.1, 0.15) is 44.4 Å². The van der Waals surface area contributed by atoms with Crippen LogP contribution in [0.25, 0.3) is 0 Å². The molecule has 3 heteroatoms. The van der Waals surface area contributed by atoms with E-state index in [0.717, 1.165) is 31.3 Å². The van der Waals surface area contributed by atoms with Crippen molar-refractivity contribution in [3.05, 3.63) is 24.2 Å². The number of nitrogens with zero attached hydrogens (tertiary/aromatic N) is 1. The molecular formula is C15H25NO2. The Labute approximate surface area is 110 Å². The van der Waals surface area contributed by atoms with Gasteiger partial charge in [0.25, 0.3) is 0 Å². The highest BCUT2D eigenvalue weighted by Gasteiger charge is 2.28. The molecular weight excluding hydrogens is 226 g/mol. The standard InChI is InChI=1S/C15H25NO2/c1-13-7-9-16(8-3-4-10-17-2)14(12-13)15-6-5-11-18-15/h5-6,11,13-14H,3-4,7-10,12H2,1-2H3/t13-,14+/m1/s1. The molecule has 1 aliphatic rings. The maximum absolute atomic E-state index is 5.61. The van der Waals surface area contributed by atoms with Gasteiger partial charge < -0.3 is 9.15 Å². The number of ether oxygens (including phenoxy) is 1. The first-order valence-electron chi connectivity index (χ1n) is 7.07. The third-order valence-corrected chi connectivity index (χ3v) is 3.89. The molecule has 1 aromatic heterocycles. The summed E-state index contributed by atoms with van der Waals surface area (Å²) in [7, 11) is 1.77. The summed E-state index contributed by atoms with van der Waals surface area (Å²) < 4.78 is 10.7. The third kappa shape index (κ3) is 3.59. The van der Waals surface area contributed by atoms with Gasteiger partial charge in [0.2, 0.25) is 0 Å². The Kier molecular flexibility index (Phi) is 5.26. The quantitative estimate of drug-likeness (QED) is 0.724. The summed E-state index contributed by atoms with van der Waals surface area (Å²) in [6.45, 7) is 5.56. The zero-order valence-electron chi connectivity index (χ0n) is 11.6. The SMILES string of the molecule is COCCCCN1CC[C@@H](C)C[C@H]1c1ccco1. The number of hydrogen-bond acceptors (Lipinski definition) is 3. The van der Waals surface area contributed by atoms with E-state index in [1.54, 1.807) is 13.4 Å². The Balaban J connectivity index is 1.89. The van der Waals surface area contributed by atoms with Crippen molar-refractivity contribution in [2.24, 2.45) is 5.92 Å². The zero-order chi connectivity index (χ0) is 12.8. The Bertz CT molecular complexity index is 323. The van der Waals surface area contributed by atoms with E-state index in [1.807, 2.05) is 6.07 Å². The van der Waals surface area contributed by atoms with Gasteiger partial charge in [-0.05, 0) is 56.8 Å². The number of unbranched alkanes of at least 4 members (excludes halogenated alkanes) is 1. The number of methoxy groups -OCH3 is 1. The van der Waals surface area contributed by atoms with Crippen LogP contribution >= 0.6 is 0 Å². The van der Waals surface area contributed by atoms with Crippen molar-refractivity contribution in [3.8, 4) is 0 Å². The van der Waals surface area contributed by atoms with Crippen molar-refractivity contribution in [3.63, 3.8) is 0 Å². The molecule has 102 valence electrons. The van der Waals surface area contributed by atoms with E-state index in [4.69, 9.17) is 9.15 Å². The van der Waals surface area contributed by atoms with Crippen LogP contribution in [0.3, 0.4) is 0 Å². The van der Waals surface area contributed by atoms with Gasteiger partial charge in [-0.15, -0.1) is 0 Å². The Morgan fingerprint density at radius 2 is 2.33 bits per heavy atom. The molecule has 2 atom stereocenters. The van der Waals surface area contributed by atoms with Crippen molar-refractivity contribution in [2.45, 2.75) is 38.6 Å². The lowest BCUT2D eigenvalue weighted by molar-refractivity contribution is 0.0958. The van der Waals surface area contributed by atoms with Gasteiger partial charge in [0.15, 0.2) is 0 Å². The summed E-state index contributed by atoms with van der Waals surface area (Å²) in [6, 6.07) is 4.59. The average Bonchev–Trinajstić information content (AvgIpc) is 2.90. The van der Waals surface area contributed by atoms with Gasteiger partial charge in [-0.1, -0.05) is 6.92 Å². The molecule has 0 unspecified atom stereocenters. The molecule has 0 amide bonds. The van der Waals surface area contributed by atoms with E-state index in [9.17, 15) is 0 Å². The fourth-order valence-electron chi connectivity index (χ4n) is 2.80. The summed E-state index contributed by atoms with van der Waals surface area (Å²) in [6.07, 6.45) is 6.67. The van der Waals surface area contributed by atoms with Gasteiger partial charge in [-0.2, -0.15) is 0 Å². The minimum absolute atomic E-state index is 0.478. The number of piperidine rings is 1. The Morgan fingerprint density at radius 3 is 3.06 bits per heavy atom. The lowest BCUT2D eigenvalue weighted by Gasteiger charge is -2.37. The first-order chi connectivity index (χ1) is 8.81. The van der Waals surface area contributed by atoms with Crippen LogP contribution in [-0.4, -0.2) is 31.7 Å². The van der Waals surface area contributed by atoms with Crippen LogP contribution in [0.5, 0.6) is 0 Å². The molecule has 2 rings (SSSR count). The highest BCUT2D eigenvalue weighted by atomic mass is 16.5. The van der Waals surface area contributed by atoms with E-state index < -0.39 is 0 Å². The third-order valence-electron chi connectivity index (χ3n) is 3.89. The zero-order valence-corrected chi connectivity index (χ0v) is 11.6. The lowest BCUT2D eigenvalue weighted by Crippen LogP contribution is -2.36. The van der Waals surface area contributed by atoms with Crippen LogP contribution < -0.4 is 0 Å². The van der Waals surface area contributed by atoms with Crippen LogP contribution in [0.2, 0.25) is 0 Å².